The monoisotopic (exact) mass is 383 g/mol. The van der Waals surface area contributed by atoms with Crippen LogP contribution in [0.1, 0.15) is 10.5 Å². The highest BCUT2D eigenvalue weighted by atomic mass is 35.5. The molecule has 1 saturated heterocycles. The van der Waals surface area contributed by atoms with Gasteiger partial charge >= 0.3 is 0 Å². The summed E-state index contributed by atoms with van der Waals surface area (Å²) in [6, 6.07) is 12.7. The number of ether oxygens (including phenoxy) is 1. The Labute approximate surface area is 161 Å². The number of nitrogens with zero attached hydrogens (tertiary/aromatic N) is 3. The lowest BCUT2D eigenvalue weighted by atomic mass is 10.1. The SMILES string of the molecule is O=C(Nc1ccc(N2CCOCC2)cn1)c1cc(-c2ccc(Cl)cc2)n[nH]1. The average Bonchev–Trinajstić information content (AvgIpc) is 3.20. The highest BCUT2D eigenvalue weighted by molar-refractivity contribution is 6.30. The molecule has 3 aromatic rings. The van der Waals surface area contributed by atoms with E-state index in [9.17, 15) is 4.79 Å². The maximum atomic E-state index is 12.4. The number of morpholine rings is 1. The molecule has 0 atom stereocenters. The number of hydrogen-bond acceptors (Lipinski definition) is 5. The summed E-state index contributed by atoms with van der Waals surface area (Å²) in [7, 11) is 0. The summed E-state index contributed by atoms with van der Waals surface area (Å²) in [5.41, 5.74) is 2.93. The molecule has 0 bridgehead atoms. The normalized spacial score (nSPS) is 14.2. The lowest BCUT2D eigenvalue weighted by Gasteiger charge is -2.28. The van der Waals surface area contributed by atoms with Gasteiger partial charge in [0, 0.05) is 23.7 Å². The first-order valence-electron chi connectivity index (χ1n) is 8.60. The van der Waals surface area contributed by atoms with Crippen molar-refractivity contribution in [3.8, 4) is 11.3 Å². The number of rotatable bonds is 4. The lowest BCUT2D eigenvalue weighted by Crippen LogP contribution is -2.36. The number of aromatic amines is 1. The van der Waals surface area contributed by atoms with Gasteiger partial charge in [-0.05, 0) is 30.3 Å². The van der Waals surface area contributed by atoms with Crippen LogP contribution in [0.5, 0.6) is 0 Å². The van der Waals surface area contributed by atoms with Crippen LogP contribution in [0.15, 0.2) is 48.7 Å². The highest BCUT2D eigenvalue weighted by Gasteiger charge is 2.14. The number of aromatic nitrogens is 3. The summed E-state index contributed by atoms with van der Waals surface area (Å²) in [6.07, 6.45) is 1.76. The maximum absolute atomic E-state index is 12.4. The average molecular weight is 384 g/mol. The van der Waals surface area contributed by atoms with Crippen LogP contribution in [-0.2, 0) is 4.74 Å². The van der Waals surface area contributed by atoms with Crippen LogP contribution in [0.2, 0.25) is 5.02 Å². The molecule has 0 radical (unpaired) electrons. The van der Waals surface area contributed by atoms with Crippen molar-refractivity contribution in [3.05, 3.63) is 59.4 Å². The Kier molecular flexibility index (Phi) is 5.04. The van der Waals surface area contributed by atoms with E-state index in [2.05, 4.69) is 25.4 Å². The smallest absolute Gasteiger partial charge is 0.274 e. The third-order valence-electron chi connectivity index (χ3n) is 4.33. The first-order chi connectivity index (χ1) is 13.2. The van der Waals surface area contributed by atoms with Gasteiger partial charge in [-0.2, -0.15) is 5.10 Å². The molecule has 138 valence electrons. The van der Waals surface area contributed by atoms with Crippen LogP contribution in [-0.4, -0.2) is 47.4 Å². The van der Waals surface area contributed by atoms with E-state index in [1.54, 1.807) is 30.5 Å². The highest BCUT2D eigenvalue weighted by Crippen LogP contribution is 2.21. The van der Waals surface area contributed by atoms with E-state index < -0.39 is 0 Å². The molecule has 8 heteroatoms. The fourth-order valence-corrected chi connectivity index (χ4v) is 2.98. The predicted molar refractivity (Wildman–Crippen MR) is 104 cm³/mol. The van der Waals surface area contributed by atoms with Crippen LogP contribution in [0.25, 0.3) is 11.3 Å². The molecule has 0 aliphatic carbocycles. The van der Waals surface area contributed by atoms with Crippen molar-refractivity contribution in [3.63, 3.8) is 0 Å². The molecule has 0 saturated carbocycles. The van der Waals surface area contributed by atoms with Gasteiger partial charge in [-0.3, -0.25) is 9.89 Å². The molecule has 4 rings (SSSR count). The molecule has 0 spiro atoms. The third-order valence-corrected chi connectivity index (χ3v) is 4.58. The van der Waals surface area contributed by atoms with Crippen LogP contribution < -0.4 is 10.2 Å². The zero-order valence-electron chi connectivity index (χ0n) is 14.5. The number of halogens is 1. The Morgan fingerprint density at radius 1 is 1.15 bits per heavy atom. The van der Waals surface area contributed by atoms with E-state index in [0.717, 1.165) is 24.3 Å². The van der Waals surface area contributed by atoms with Gasteiger partial charge in [-0.25, -0.2) is 4.98 Å². The molecule has 1 aliphatic rings. The summed E-state index contributed by atoms with van der Waals surface area (Å²) in [4.78, 5) is 19.0. The summed E-state index contributed by atoms with van der Waals surface area (Å²) in [5.74, 6) is 0.189. The topological polar surface area (TPSA) is 83.1 Å². The van der Waals surface area contributed by atoms with Crippen LogP contribution in [0.4, 0.5) is 11.5 Å². The second-order valence-corrected chi connectivity index (χ2v) is 6.57. The van der Waals surface area contributed by atoms with Gasteiger partial charge in [0.1, 0.15) is 11.5 Å². The zero-order chi connectivity index (χ0) is 18.6. The van der Waals surface area contributed by atoms with Gasteiger partial charge in [-0.1, -0.05) is 23.7 Å². The van der Waals surface area contributed by atoms with Crippen LogP contribution in [0.3, 0.4) is 0 Å². The molecule has 1 aromatic carbocycles. The van der Waals surface area contributed by atoms with Crippen molar-refractivity contribution in [2.45, 2.75) is 0 Å². The molecular weight excluding hydrogens is 366 g/mol. The first-order valence-corrected chi connectivity index (χ1v) is 8.98. The van der Waals surface area contributed by atoms with Crippen molar-refractivity contribution in [2.24, 2.45) is 0 Å². The first kappa shape index (κ1) is 17.5. The Balaban J connectivity index is 1.42. The maximum Gasteiger partial charge on any atom is 0.274 e. The zero-order valence-corrected chi connectivity index (χ0v) is 15.2. The predicted octanol–water partition coefficient (Wildman–Crippen LogP) is 3.21. The van der Waals surface area contributed by atoms with E-state index in [1.165, 1.54) is 0 Å². The van der Waals surface area contributed by atoms with Gasteiger partial charge in [0.15, 0.2) is 0 Å². The van der Waals surface area contributed by atoms with E-state index in [0.29, 0.717) is 35.4 Å². The number of anilines is 2. The summed E-state index contributed by atoms with van der Waals surface area (Å²) in [6.45, 7) is 3.12. The Morgan fingerprint density at radius 2 is 1.93 bits per heavy atom. The van der Waals surface area contributed by atoms with E-state index in [1.807, 2.05) is 18.2 Å². The van der Waals surface area contributed by atoms with Crippen molar-refractivity contribution in [1.82, 2.24) is 15.2 Å². The van der Waals surface area contributed by atoms with Crippen LogP contribution in [0, 0.1) is 0 Å². The molecule has 2 N–H and O–H groups in total. The minimum absolute atomic E-state index is 0.297. The fraction of sp³-hybridized carbons (Fsp3) is 0.211. The molecule has 1 aliphatic heterocycles. The number of hydrogen-bond donors (Lipinski definition) is 2. The number of carbonyl (C=O) groups is 1. The van der Waals surface area contributed by atoms with E-state index >= 15 is 0 Å². The molecule has 3 heterocycles. The summed E-state index contributed by atoms with van der Waals surface area (Å²) >= 11 is 5.90. The van der Waals surface area contributed by atoms with Gasteiger partial charge in [0.2, 0.25) is 0 Å². The number of pyridine rings is 1. The van der Waals surface area contributed by atoms with E-state index in [-0.39, 0.29) is 5.91 Å². The Morgan fingerprint density at radius 3 is 2.63 bits per heavy atom. The van der Waals surface area contributed by atoms with Crippen molar-refractivity contribution in [2.75, 3.05) is 36.5 Å². The number of nitrogens with one attached hydrogen (secondary N) is 2. The second-order valence-electron chi connectivity index (χ2n) is 6.13. The lowest BCUT2D eigenvalue weighted by molar-refractivity contribution is 0.102. The fourth-order valence-electron chi connectivity index (χ4n) is 2.86. The minimum Gasteiger partial charge on any atom is -0.378 e. The van der Waals surface area contributed by atoms with Crippen molar-refractivity contribution >= 4 is 29.0 Å². The second kappa shape index (κ2) is 7.77. The molecule has 27 heavy (non-hydrogen) atoms. The summed E-state index contributed by atoms with van der Waals surface area (Å²) < 4.78 is 5.35. The Hall–Kier alpha value is -2.90. The van der Waals surface area contributed by atoms with Gasteiger partial charge < -0.3 is 15.0 Å². The number of carbonyl (C=O) groups excluding carboxylic acids is 1. The van der Waals surface area contributed by atoms with Crippen molar-refractivity contribution < 1.29 is 9.53 Å². The van der Waals surface area contributed by atoms with Crippen molar-refractivity contribution in [1.29, 1.82) is 0 Å². The standard InChI is InChI=1S/C19H18ClN5O2/c20-14-3-1-13(2-4-14)16-11-17(24-23-16)19(26)22-18-6-5-15(12-21-18)25-7-9-27-10-8-25/h1-6,11-12H,7-10H2,(H,23,24)(H,21,22,26). The summed E-state index contributed by atoms with van der Waals surface area (Å²) in [5, 5.41) is 10.4. The van der Waals surface area contributed by atoms with E-state index in [4.69, 9.17) is 16.3 Å². The van der Waals surface area contributed by atoms with Gasteiger partial charge in [-0.15, -0.1) is 0 Å². The number of amides is 1. The third kappa shape index (κ3) is 4.10. The minimum atomic E-state index is -0.297. The Bertz CT molecular complexity index is 918. The number of H-pyrrole nitrogens is 1. The molecule has 7 nitrogen and oxygen atoms in total. The molecular formula is C19H18ClN5O2. The molecule has 2 aromatic heterocycles. The molecule has 1 fully saturated rings. The van der Waals surface area contributed by atoms with Gasteiger partial charge in [0.05, 0.1) is 30.8 Å². The van der Waals surface area contributed by atoms with Gasteiger partial charge in [0.25, 0.3) is 5.91 Å². The number of benzene rings is 1. The largest absolute Gasteiger partial charge is 0.378 e. The molecule has 0 unspecified atom stereocenters. The van der Waals surface area contributed by atoms with Crippen LogP contribution >= 0.6 is 11.6 Å². The quantitative estimate of drug-likeness (QED) is 0.722. The molecule has 1 amide bonds.